The number of nitrogens with one attached hydrogen (secondary N) is 1. The van der Waals surface area contributed by atoms with Gasteiger partial charge < -0.3 is 5.32 Å². The summed E-state index contributed by atoms with van der Waals surface area (Å²) < 4.78 is 0. The van der Waals surface area contributed by atoms with Gasteiger partial charge >= 0.3 is 0 Å². The zero-order valence-electron chi connectivity index (χ0n) is 10.8. The van der Waals surface area contributed by atoms with Crippen LogP contribution in [0.1, 0.15) is 38.3 Å². The van der Waals surface area contributed by atoms with Gasteiger partial charge in [-0.25, -0.2) is 0 Å². The van der Waals surface area contributed by atoms with Gasteiger partial charge in [-0.05, 0) is 31.2 Å². The number of hydrogen-bond acceptors (Lipinski definition) is 2. The van der Waals surface area contributed by atoms with Crippen molar-refractivity contribution in [1.82, 2.24) is 5.32 Å². The summed E-state index contributed by atoms with van der Waals surface area (Å²) in [6.07, 6.45) is 1.35. The van der Waals surface area contributed by atoms with Crippen molar-refractivity contribution in [2.45, 2.75) is 32.7 Å². The summed E-state index contributed by atoms with van der Waals surface area (Å²) in [5.41, 5.74) is 0.272. The van der Waals surface area contributed by atoms with Crippen molar-refractivity contribution in [3.8, 4) is 6.07 Å². The van der Waals surface area contributed by atoms with E-state index in [0.29, 0.717) is 18.8 Å². The highest BCUT2D eigenvalue weighted by Crippen LogP contribution is 2.45. The Bertz CT molecular complexity index is 469. The lowest BCUT2D eigenvalue weighted by molar-refractivity contribution is -0.134. The van der Waals surface area contributed by atoms with Crippen LogP contribution in [0.5, 0.6) is 0 Å². The fraction of sp³-hybridized carbons (Fsp3) is 0.467. The van der Waals surface area contributed by atoms with Gasteiger partial charge in [-0.1, -0.05) is 37.3 Å². The molecule has 0 bridgehead atoms. The van der Waals surface area contributed by atoms with Gasteiger partial charge in [0.25, 0.3) is 0 Å². The van der Waals surface area contributed by atoms with Gasteiger partial charge in [0.05, 0.1) is 12.1 Å². The van der Waals surface area contributed by atoms with Gasteiger partial charge in [0, 0.05) is 0 Å². The average molecular weight is 242 g/mol. The van der Waals surface area contributed by atoms with Gasteiger partial charge in [-0.3, -0.25) is 4.79 Å². The lowest BCUT2D eigenvalue weighted by Gasteiger charge is -2.39. The van der Waals surface area contributed by atoms with Crippen LogP contribution in [-0.4, -0.2) is 5.91 Å². The van der Waals surface area contributed by atoms with Crippen molar-refractivity contribution in [3.05, 3.63) is 35.9 Å². The molecule has 1 atom stereocenters. The minimum absolute atomic E-state index is 0.0557. The first-order valence-electron chi connectivity index (χ1n) is 6.34. The fourth-order valence-electron chi connectivity index (χ4n) is 2.62. The highest BCUT2D eigenvalue weighted by molar-refractivity contribution is 5.86. The summed E-state index contributed by atoms with van der Waals surface area (Å²) in [7, 11) is 0. The van der Waals surface area contributed by atoms with E-state index >= 15 is 0 Å². The Morgan fingerprint density at radius 3 is 2.56 bits per heavy atom. The number of rotatable bonds is 3. The van der Waals surface area contributed by atoms with Crippen LogP contribution < -0.4 is 5.32 Å². The summed E-state index contributed by atoms with van der Waals surface area (Å²) in [5.74, 6) is 0.349. The third-order valence-electron chi connectivity index (χ3n) is 3.69. The average Bonchev–Trinajstić information content (AvgIpc) is 2.35. The quantitative estimate of drug-likeness (QED) is 0.886. The SMILES string of the molecule is CC1CC(C#N)(C(=O)N[C@@H](C)c2ccccc2)C1. The molecule has 0 aliphatic heterocycles. The Morgan fingerprint density at radius 2 is 2.06 bits per heavy atom. The van der Waals surface area contributed by atoms with E-state index in [1.165, 1.54) is 0 Å². The van der Waals surface area contributed by atoms with Crippen LogP contribution in [0, 0.1) is 22.7 Å². The van der Waals surface area contributed by atoms with Crippen LogP contribution in [0.2, 0.25) is 0 Å². The Labute approximate surface area is 108 Å². The summed E-state index contributed by atoms with van der Waals surface area (Å²) in [6.45, 7) is 4.02. The van der Waals surface area contributed by atoms with Gasteiger partial charge in [0.1, 0.15) is 5.41 Å². The molecule has 0 unspecified atom stereocenters. The Balaban J connectivity index is 2.02. The first-order chi connectivity index (χ1) is 8.57. The normalized spacial score (nSPS) is 27.7. The number of carbonyl (C=O) groups excluding carboxylic acids is 1. The van der Waals surface area contributed by atoms with Crippen LogP contribution in [0.3, 0.4) is 0 Å². The molecule has 0 radical (unpaired) electrons. The number of nitrogens with zero attached hydrogens (tertiary/aromatic N) is 1. The Morgan fingerprint density at radius 1 is 1.44 bits per heavy atom. The van der Waals surface area contributed by atoms with Gasteiger partial charge in [0.2, 0.25) is 5.91 Å². The molecule has 1 aliphatic rings. The minimum Gasteiger partial charge on any atom is -0.348 e. The second-order valence-electron chi connectivity index (χ2n) is 5.31. The van der Waals surface area contributed by atoms with E-state index in [1.807, 2.05) is 37.3 Å². The van der Waals surface area contributed by atoms with E-state index in [0.717, 1.165) is 5.56 Å². The fourth-order valence-corrected chi connectivity index (χ4v) is 2.62. The summed E-state index contributed by atoms with van der Waals surface area (Å²) in [6, 6.07) is 11.9. The molecule has 0 aromatic heterocycles. The third-order valence-corrected chi connectivity index (χ3v) is 3.69. The van der Waals surface area contributed by atoms with E-state index < -0.39 is 5.41 Å². The lowest BCUT2D eigenvalue weighted by atomic mass is 9.63. The number of amides is 1. The lowest BCUT2D eigenvalue weighted by Crippen LogP contribution is -2.48. The van der Waals surface area contributed by atoms with E-state index in [4.69, 9.17) is 0 Å². The van der Waals surface area contributed by atoms with Crippen LogP contribution in [0.15, 0.2) is 30.3 Å². The highest BCUT2D eigenvalue weighted by atomic mass is 16.2. The van der Waals surface area contributed by atoms with Crippen molar-refractivity contribution in [2.75, 3.05) is 0 Å². The topological polar surface area (TPSA) is 52.9 Å². The van der Waals surface area contributed by atoms with Crippen molar-refractivity contribution in [2.24, 2.45) is 11.3 Å². The van der Waals surface area contributed by atoms with E-state index in [1.54, 1.807) is 0 Å². The molecule has 1 amide bonds. The molecule has 3 nitrogen and oxygen atoms in total. The summed E-state index contributed by atoms with van der Waals surface area (Å²) in [4.78, 5) is 12.2. The van der Waals surface area contributed by atoms with Crippen molar-refractivity contribution >= 4 is 5.91 Å². The van der Waals surface area contributed by atoms with Crippen LogP contribution in [0.4, 0.5) is 0 Å². The summed E-state index contributed by atoms with van der Waals surface area (Å²) in [5, 5.41) is 12.1. The molecule has 94 valence electrons. The zero-order chi connectivity index (χ0) is 13.2. The third kappa shape index (κ3) is 2.24. The molecule has 1 aliphatic carbocycles. The molecule has 1 aromatic rings. The maximum atomic E-state index is 12.2. The predicted octanol–water partition coefficient (Wildman–Crippen LogP) is 2.80. The smallest absolute Gasteiger partial charge is 0.240 e. The van der Waals surface area contributed by atoms with E-state index in [9.17, 15) is 10.1 Å². The molecule has 1 saturated carbocycles. The first-order valence-corrected chi connectivity index (χ1v) is 6.34. The number of carbonyl (C=O) groups is 1. The van der Waals surface area contributed by atoms with Crippen molar-refractivity contribution in [1.29, 1.82) is 5.26 Å². The van der Waals surface area contributed by atoms with Crippen LogP contribution in [-0.2, 0) is 4.79 Å². The Hall–Kier alpha value is -1.82. The van der Waals surface area contributed by atoms with Crippen LogP contribution in [0.25, 0.3) is 0 Å². The second-order valence-corrected chi connectivity index (χ2v) is 5.31. The molecule has 0 saturated heterocycles. The molecular weight excluding hydrogens is 224 g/mol. The minimum atomic E-state index is -0.789. The van der Waals surface area contributed by atoms with Gasteiger partial charge in [-0.2, -0.15) is 5.26 Å². The highest BCUT2D eigenvalue weighted by Gasteiger charge is 2.49. The molecule has 1 fully saturated rings. The maximum absolute atomic E-state index is 12.2. The monoisotopic (exact) mass is 242 g/mol. The van der Waals surface area contributed by atoms with Gasteiger partial charge in [0.15, 0.2) is 0 Å². The van der Waals surface area contributed by atoms with E-state index in [2.05, 4.69) is 18.3 Å². The molecule has 18 heavy (non-hydrogen) atoms. The molecule has 3 heteroatoms. The largest absolute Gasteiger partial charge is 0.348 e. The van der Waals surface area contributed by atoms with Crippen molar-refractivity contribution < 1.29 is 4.79 Å². The number of benzene rings is 1. The molecular formula is C15H18N2O. The van der Waals surface area contributed by atoms with Crippen LogP contribution >= 0.6 is 0 Å². The second kappa shape index (κ2) is 4.81. The molecule has 1 N–H and O–H groups in total. The Kier molecular flexibility index (Phi) is 3.38. The van der Waals surface area contributed by atoms with E-state index in [-0.39, 0.29) is 11.9 Å². The van der Waals surface area contributed by atoms with Crippen molar-refractivity contribution in [3.63, 3.8) is 0 Å². The zero-order valence-corrected chi connectivity index (χ0v) is 10.8. The standard InChI is InChI=1S/C15H18N2O/c1-11-8-15(9-11,10-16)14(18)17-12(2)13-6-4-3-5-7-13/h3-7,11-12H,8-9H2,1-2H3,(H,17,18)/t11?,12-,15?/m0/s1. The number of hydrogen-bond donors (Lipinski definition) is 1. The summed E-state index contributed by atoms with van der Waals surface area (Å²) >= 11 is 0. The number of nitriles is 1. The maximum Gasteiger partial charge on any atom is 0.240 e. The molecule has 0 heterocycles. The molecule has 1 aromatic carbocycles. The molecule has 2 rings (SSSR count). The van der Waals surface area contributed by atoms with Gasteiger partial charge in [-0.15, -0.1) is 0 Å². The molecule has 0 spiro atoms. The predicted molar refractivity (Wildman–Crippen MR) is 69.4 cm³/mol. The first kappa shape index (κ1) is 12.6.